The molecule has 0 amide bonds. The number of likely N-dealkylation sites (tertiary alicyclic amines) is 1. The predicted molar refractivity (Wildman–Crippen MR) is 73.0 cm³/mol. The molecular weight excluding hydrogens is 240 g/mol. The van der Waals surface area contributed by atoms with Crippen LogP contribution in [0.3, 0.4) is 0 Å². The van der Waals surface area contributed by atoms with Crippen molar-refractivity contribution in [3.8, 4) is 0 Å². The van der Waals surface area contributed by atoms with Crippen LogP contribution >= 0.6 is 0 Å². The maximum Gasteiger partial charge on any atom is 0.191 e. The quantitative estimate of drug-likeness (QED) is 0.819. The first-order valence-electron chi connectivity index (χ1n) is 7.47. The number of rotatable bonds is 5. The number of piperidine rings is 1. The van der Waals surface area contributed by atoms with E-state index in [1.807, 2.05) is 13.8 Å². The van der Waals surface area contributed by atoms with Crippen LogP contribution in [0.4, 0.5) is 0 Å². The summed E-state index contributed by atoms with van der Waals surface area (Å²) in [6.07, 6.45) is 5.55. The van der Waals surface area contributed by atoms with Gasteiger partial charge in [0.05, 0.1) is 11.8 Å². The van der Waals surface area contributed by atoms with Crippen LogP contribution in [0, 0.1) is 19.8 Å². The van der Waals surface area contributed by atoms with Gasteiger partial charge in [-0.2, -0.15) is 0 Å². The van der Waals surface area contributed by atoms with E-state index in [0.29, 0.717) is 6.10 Å². The Kier molecular flexibility index (Phi) is 3.89. The summed E-state index contributed by atoms with van der Waals surface area (Å²) in [6, 6.07) is 0. The molecule has 1 saturated heterocycles. The van der Waals surface area contributed by atoms with Gasteiger partial charge >= 0.3 is 0 Å². The summed E-state index contributed by atoms with van der Waals surface area (Å²) in [5.41, 5.74) is 1.09. The Balaban J connectivity index is 1.43. The highest BCUT2D eigenvalue weighted by molar-refractivity contribution is 5.07. The van der Waals surface area contributed by atoms with Crippen molar-refractivity contribution in [2.45, 2.75) is 52.2 Å². The predicted octanol–water partition coefficient (Wildman–Crippen LogP) is 2.68. The van der Waals surface area contributed by atoms with Crippen molar-refractivity contribution < 1.29 is 9.15 Å². The second-order valence-electron chi connectivity index (χ2n) is 5.99. The van der Waals surface area contributed by atoms with Crippen LogP contribution in [0.1, 0.15) is 43.0 Å². The molecular formula is C15H24N2O2. The van der Waals surface area contributed by atoms with E-state index in [-0.39, 0.29) is 0 Å². The van der Waals surface area contributed by atoms with E-state index in [1.54, 1.807) is 0 Å². The number of nitrogens with zero attached hydrogens (tertiary/aromatic N) is 2. The smallest absolute Gasteiger partial charge is 0.191 e. The molecule has 0 spiro atoms. The molecule has 0 radical (unpaired) electrons. The molecule has 0 unspecified atom stereocenters. The molecule has 4 nitrogen and oxygen atoms in total. The molecule has 2 heterocycles. The molecule has 4 heteroatoms. The van der Waals surface area contributed by atoms with Gasteiger partial charge in [-0.05, 0) is 38.5 Å². The zero-order valence-corrected chi connectivity index (χ0v) is 12.0. The number of aromatic nitrogens is 1. The molecule has 1 aromatic heterocycles. The second kappa shape index (κ2) is 5.63. The van der Waals surface area contributed by atoms with Gasteiger partial charge in [-0.3, -0.25) is 4.90 Å². The molecule has 2 aliphatic rings. The van der Waals surface area contributed by atoms with Crippen LogP contribution in [0.25, 0.3) is 0 Å². The Morgan fingerprint density at radius 2 is 1.95 bits per heavy atom. The number of aryl methyl sites for hydroxylation is 2. The van der Waals surface area contributed by atoms with Crippen molar-refractivity contribution in [1.29, 1.82) is 0 Å². The van der Waals surface area contributed by atoms with Gasteiger partial charge in [-0.25, -0.2) is 4.98 Å². The van der Waals surface area contributed by atoms with Crippen LogP contribution in [-0.2, 0) is 11.3 Å². The SMILES string of the molecule is Cc1nc(CN2CCC(OCC3CC3)CC2)c(C)o1. The average Bonchev–Trinajstić information content (AvgIpc) is 3.16. The van der Waals surface area contributed by atoms with Gasteiger partial charge in [0.15, 0.2) is 5.89 Å². The maximum atomic E-state index is 5.97. The van der Waals surface area contributed by atoms with E-state index < -0.39 is 0 Å². The van der Waals surface area contributed by atoms with Crippen LogP contribution < -0.4 is 0 Å². The van der Waals surface area contributed by atoms with Crippen LogP contribution in [0.15, 0.2) is 4.42 Å². The topological polar surface area (TPSA) is 38.5 Å². The number of hydrogen-bond donors (Lipinski definition) is 0. The molecule has 0 atom stereocenters. The zero-order chi connectivity index (χ0) is 13.2. The Bertz CT molecular complexity index is 418. The van der Waals surface area contributed by atoms with Crippen LogP contribution in [-0.4, -0.2) is 35.7 Å². The van der Waals surface area contributed by atoms with Gasteiger partial charge in [0.1, 0.15) is 5.76 Å². The first-order valence-corrected chi connectivity index (χ1v) is 7.47. The Labute approximate surface area is 115 Å². The van der Waals surface area contributed by atoms with Gasteiger partial charge < -0.3 is 9.15 Å². The monoisotopic (exact) mass is 264 g/mol. The fourth-order valence-corrected chi connectivity index (χ4v) is 2.72. The number of oxazole rings is 1. The standard InChI is InChI=1S/C15H24N2O2/c1-11-15(16-12(2)19-11)9-17-7-5-14(6-8-17)18-10-13-3-4-13/h13-14H,3-10H2,1-2H3. The van der Waals surface area contributed by atoms with E-state index in [2.05, 4.69) is 9.88 Å². The van der Waals surface area contributed by atoms with Crippen molar-refractivity contribution in [3.05, 3.63) is 17.3 Å². The highest BCUT2D eigenvalue weighted by atomic mass is 16.5. The molecule has 0 N–H and O–H groups in total. The molecule has 106 valence electrons. The lowest BCUT2D eigenvalue weighted by Crippen LogP contribution is -2.37. The third kappa shape index (κ3) is 3.57. The minimum absolute atomic E-state index is 0.483. The molecule has 0 aromatic carbocycles. The number of ether oxygens (including phenoxy) is 1. The third-order valence-corrected chi connectivity index (χ3v) is 4.17. The first kappa shape index (κ1) is 13.1. The van der Waals surface area contributed by atoms with Crippen molar-refractivity contribution in [2.75, 3.05) is 19.7 Å². The molecule has 2 fully saturated rings. The molecule has 3 rings (SSSR count). The molecule has 1 aliphatic heterocycles. The molecule has 1 aromatic rings. The number of hydrogen-bond acceptors (Lipinski definition) is 4. The van der Waals surface area contributed by atoms with Gasteiger partial charge in [-0.1, -0.05) is 0 Å². The summed E-state index contributed by atoms with van der Waals surface area (Å²) in [5, 5.41) is 0. The van der Waals surface area contributed by atoms with Crippen molar-refractivity contribution in [2.24, 2.45) is 5.92 Å². The van der Waals surface area contributed by atoms with Gasteiger partial charge in [0, 0.05) is 33.2 Å². The summed E-state index contributed by atoms with van der Waals surface area (Å²) in [4.78, 5) is 6.91. The fraction of sp³-hybridized carbons (Fsp3) is 0.800. The molecule has 19 heavy (non-hydrogen) atoms. The van der Waals surface area contributed by atoms with Crippen molar-refractivity contribution >= 4 is 0 Å². The largest absolute Gasteiger partial charge is 0.446 e. The van der Waals surface area contributed by atoms with Gasteiger partial charge in [0.2, 0.25) is 0 Å². The van der Waals surface area contributed by atoms with E-state index in [4.69, 9.17) is 9.15 Å². The van der Waals surface area contributed by atoms with Crippen molar-refractivity contribution in [1.82, 2.24) is 9.88 Å². The second-order valence-corrected chi connectivity index (χ2v) is 5.99. The third-order valence-electron chi connectivity index (χ3n) is 4.17. The van der Waals surface area contributed by atoms with Crippen LogP contribution in [0.5, 0.6) is 0 Å². The summed E-state index contributed by atoms with van der Waals surface area (Å²) >= 11 is 0. The maximum absolute atomic E-state index is 5.97. The van der Waals surface area contributed by atoms with Gasteiger partial charge in [0.25, 0.3) is 0 Å². The molecule has 1 saturated carbocycles. The Morgan fingerprint density at radius 1 is 1.21 bits per heavy atom. The summed E-state index contributed by atoms with van der Waals surface area (Å²) in [6.45, 7) is 8.04. The first-order chi connectivity index (χ1) is 9.20. The zero-order valence-electron chi connectivity index (χ0n) is 12.0. The highest BCUT2D eigenvalue weighted by Crippen LogP contribution is 2.30. The molecule has 0 bridgehead atoms. The summed E-state index contributed by atoms with van der Waals surface area (Å²) in [7, 11) is 0. The van der Waals surface area contributed by atoms with Crippen molar-refractivity contribution in [3.63, 3.8) is 0 Å². The fourth-order valence-electron chi connectivity index (χ4n) is 2.72. The van der Waals surface area contributed by atoms with Crippen LogP contribution in [0.2, 0.25) is 0 Å². The average molecular weight is 264 g/mol. The Morgan fingerprint density at radius 3 is 2.53 bits per heavy atom. The lowest BCUT2D eigenvalue weighted by Gasteiger charge is -2.31. The van der Waals surface area contributed by atoms with E-state index in [1.165, 1.54) is 12.8 Å². The lowest BCUT2D eigenvalue weighted by atomic mass is 10.1. The lowest BCUT2D eigenvalue weighted by molar-refractivity contribution is 0.000683. The highest BCUT2D eigenvalue weighted by Gasteiger charge is 2.25. The van der Waals surface area contributed by atoms with E-state index in [0.717, 1.165) is 62.3 Å². The minimum Gasteiger partial charge on any atom is -0.446 e. The normalized spacial score (nSPS) is 22.0. The Hall–Kier alpha value is -0.870. The minimum atomic E-state index is 0.483. The van der Waals surface area contributed by atoms with E-state index in [9.17, 15) is 0 Å². The van der Waals surface area contributed by atoms with Gasteiger partial charge in [-0.15, -0.1) is 0 Å². The van der Waals surface area contributed by atoms with E-state index >= 15 is 0 Å². The summed E-state index contributed by atoms with van der Waals surface area (Å²) in [5.74, 6) is 2.61. The molecule has 1 aliphatic carbocycles. The summed E-state index contributed by atoms with van der Waals surface area (Å²) < 4.78 is 11.5.